The van der Waals surface area contributed by atoms with Gasteiger partial charge in [-0.1, -0.05) is 72.8 Å². The van der Waals surface area contributed by atoms with Crippen LogP contribution < -0.4 is 9.84 Å². The first-order chi connectivity index (χ1) is 16.2. The normalized spacial score (nSPS) is 10.8. The van der Waals surface area contributed by atoms with Crippen LogP contribution in [0.2, 0.25) is 0 Å². The van der Waals surface area contributed by atoms with Crippen LogP contribution in [0, 0.1) is 0 Å². The molecule has 0 spiro atoms. The first-order valence-corrected chi connectivity index (χ1v) is 10.3. The van der Waals surface area contributed by atoms with Gasteiger partial charge in [-0.25, -0.2) is 9.97 Å². The maximum Gasteiger partial charge on any atom is 0.182 e. The van der Waals surface area contributed by atoms with Crippen molar-refractivity contribution >= 4 is 5.97 Å². The summed E-state index contributed by atoms with van der Waals surface area (Å²) < 4.78 is 10.9. The van der Waals surface area contributed by atoms with E-state index < -0.39 is 12.6 Å². The highest BCUT2D eigenvalue weighted by molar-refractivity contribution is 5.83. The minimum Gasteiger partial charge on any atom is -0.546 e. The van der Waals surface area contributed by atoms with Gasteiger partial charge in [-0.3, -0.25) is 0 Å². The van der Waals surface area contributed by atoms with Crippen LogP contribution in [0.4, 0.5) is 0 Å². The van der Waals surface area contributed by atoms with Crippen LogP contribution in [0.5, 0.6) is 5.75 Å². The lowest BCUT2D eigenvalue weighted by atomic mass is 10.1. The van der Waals surface area contributed by atoms with Crippen LogP contribution in [-0.2, 0) is 4.79 Å². The lowest BCUT2D eigenvalue weighted by Gasteiger charge is -2.07. The van der Waals surface area contributed by atoms with E-state index in [0.717, 1.165) is 22.5 Å². The Hall–Kier alpha value is -4.65. The van der Waals surface area contributed by atoms with Crippen molar-refractivity contribution in [2.24, 2.45) is 0 Å². The second-order valence-corrected chi connectivity index (χ2v) is 7.26. The molecule has 0 atom stereocenters. The summed E-state index contributed by atoms with van der Waals surface area (Å²) in [6.45, 7) is -0.536. The smallest absolute Gasteiger partial charge is 0.182 e. The summed E-state index contributed by atoms with van der Waals surface area (Å²) in [5, 5.41) is 10.7. The molecular weight excluding hydrogens is 418 g/mol. The topological polar surface area (TPSA) is 104 Å². The first-order valence-electron chi connectivity index (χ1n) is 10.3. The average molecular weight is 436 g/mol. The number of rotatable bonds is 7. The van der Waals surface area contributed by atoms with E-state index in [2.05, 4.69) is 9.97 Å². The summed E-state index contributed by atoms with van der Waals surface area (Å²) >= 11 is 0. The van der Waals surface area contributed by atoms with Crippen LogP contribution in [0.15, 0.2) is 95.7 Å². The van der Waals surface area contributed by atoms with Crippen LogP contribution in [0.25, 0.3) is 45.4 Å². The number of imidazole rings is 1. The molecule has 0 radical (unpaired) electrons. The molecule has 5 aromatic rings. The van der Waals surface area contributed by atoms with E-state index in [-0.39, 0.29) is 0 Å². The summed E-state index contributed by atoms with van der Waals surface area (Å²) in [6.07, 6.45) is 1.35. The van der Waals surface area contributed by atoms with Crippen molar-refractivity contribution in [2.45, 2.75) is 0 Å². The fraction of sp³-hybridized carbons (Fsp3) is 0.0385. The molecule has 7 heteroatoms. The van der Waals surface area contributed by atoms with Gasteiger partial charge in [0, 0.05) is 16.7 Å². The number of carbonyl (C=O) groups is 1. The highest BCUT2D eigenvalue weighted by atomic mass is 16.5. The molecule has 0 amide bonds. The van der Waals surface area contributed by atoms with Gasteiger partial charge in [0.15, 0.2) is 23.7 Å². The van der Waals surface area contributed by atoms with Crippen LogP contribution in [0.3, 0.4) is 0 Å². The number of carbonyl (C=O) groups excluding carboxylic acids is 1. The zero-order valence-corrected chi connectivity index (χ0v) is 17.4. The van der Waals surface area contributed by atoms with Crippen molar-refractivity contribution < 1.29 is 19.1 Å². The summed E-state index contributed by atoms with van der Waals surface area (Å²) in [4.78, 5) is 23.4. The highest BCUT2D eigenvalue weighted by Crippen LogP contribution is 2.36. The van der Waals surface area contributed by atoms with E-state index in [0.29, 0.717) is 28.6 Å². The molecule has 33 heavy (non-hydrogen) atoms. The number of benzene rings is 3. The third-order valence-corrected chi connectivity index (χ3v) is 5.06. The van der Waals surface area contributed by atoms with Gasteiger partial charge in [-0.15, -0.1) is 0 Å². The van der Waals surface area contributed by atoms with Crippen molar-refractivity contribution in [1.82, 2.24) is 15.0 Å². The van der Waals surface area contributed by atoms with Crippen molar-refractivity contribution in [3.8, 4) is 51.1 Å². The van der Waals surface area contributed by atoms with Crippen LogP contribution in [0.1, 0.15) is 0 Å². The summed E-state index contributed by atoms with van der Waals surface area (Å²) in [5.74, 6) is 0.131. The Kier molecular flexibility index (Phi) is 5.43. The number of H-pyrrole nitrogens is 1. The number of aromatic nitrogens is 3. The summed E-state index contributed by atoms with van der Waals surface area (Å²) in [6, 6.07) is 26.8. The molecule has 7 nitrogen and oxygen atoms in total. The number of hydrogen-bond acceptors (Lipinski definition) is 6. The molecule has 0 aliphatic carbocycles. The Bertz CT molecular complexity index is 1330. The number of nitrogens with one attached hydrogen (secondary N) is 1. The Morgan fingerprint density at radius 2 is 1.58 bits per heavy atom. The van der Waals surface area contributed by atoms with Gasteiger partial charge in [0.2, 0.25) is 0 Å². The zero-order chi connectivity index (χ0) is 22.6. The van der Waals surface area contributed by atoms with Gasteiger partial charge < -0.3 is 24.0 Å². The number of carboxylic acids is 1. The van der Waals surface area contributed by atoms with E-state index in [9.17, 15) is 9.90 Å². The van der Waals surface area contributed by atoms with E-state index in [1.54, 1.807) is 18.2 Å². The van der Waals surface area contributed by atoms with E-state index >= 15 is 0 Å². The fourth-order valence-corrected chi connectivity index (χ4v) is 3.59. The number of aromatic amines is 1. The van der Waals surface area contributed by atoms with Crippen LogP contribution >= 0.6 is 0 Å². The van der Waals surface area contributed by atoms with Crippen molar-refractivity contribution in [3.63, 3.8) is 0 Å². The Morgan fingerprint density at radius 3 is 2.30 bits per heavy atom. The molecule has 5 rings (SSSR count). The molecular formula is C26H18N3O4-. The predicted molar refractivity (Wildman–Crippen MR) is 121 cm³/mol. The van der Waals surface area contributed by atoms with Gasteiger partial charge in [0.25, 0.3) is 0 Å². The lowest BCUT2D eigenvalue weighted by Crippen LogP contribution is -2.28. The number of nitrogens with zero attached hydrogens (tertiary/aromatic N) is 2. The van der Waals surface area contributed by atoms with E-state index in [1.807, 2.05) is 66.7 Å². The molecule has 2 heterocycles. The first kappa shape index (κ1) is 20.3. The van der Waals surface area contributed by atoms with Gasteiger partial charge in [0.05, 0.1) is 17.4 Å². The molecule has 0 aliphatic heterocycles. The SMILES string of the molecule is O=C([O-])COc1cccc(-c2ocnc2-c2nc(-c3ccccc3)c(-c3ccccc3)[nH]2)c1. The third kappa shape index (κ3) is 4.24. The Balaban J connectivity index is 1.59. The highest BCUT2D eigenvalue weighted by Gasteiger charge is 2.21. The number of hydrogen-bond donors (Lipinski definition) is 1. The molecule has 162 valence electrons. The maximum atomic E-state index is 10.7. The van der Waals surface area contributed by atoms with Crippen molar-refractivity contribution in [2.75, 3.05) is 6.61 Å². The molecule has 0 unspecified atom stereocenters. The average Bonchev–Trinajstić information content (AvgIpc) is 3.52. The van der Waals surface area contributed by atoms with Gasteiger partial charge >= 0.3 is 0 Å². The standard InChI is InChI=1S/C26H19N3O4/c30-21(31)15-32-20-13-7-12-19(14-20)25-24(27-16-33-25)26-28-22(17-8-3-1-4-9-17)23(29-26)18-10-5-2-6-11-18/h1-14,16H,15H2,(H,28,29)(H,30,31)/p-1. The minimum absolute atomic E-state index is 0.383. The Labute approximate surface area is 189 Å². The molecule has 3 aromatic carbocycles. The molecule has 1 N–H and O–H groups in total. The molecule has 0 aliphatic rings. The van der Waals surface area contributed by atoms with Gasteiger partial charge in [-0.05, 0) is 12.1 Å². The lowest BCUT2D eigenvalue weighted by molar-refractivity contribution is -0.307. The minimum atomic E-state index is -1.29. The number of ether oxygens (including phenoxy) is 1. The fourth-order valence-electron chi connectivity index (χ4n) is 3.59. The number of carboxylic acid groups (broad SMARTS) is 1. The van der Waals surface area contributed by atoms with Gasteiger partial charge in [0.1, 0.15) is 12.4 Å². The quantitative estimate of drug-likeness (QED) is 0.410. The van der Waals surface area contributed by atoms with Gasteiger partial charge in [-0.2, -0.15) is 0 Å². The molecule has 0 bridgehead atoms. The van der Waals surface area contributed by atoms with Crippen molar-refractivity contribution in [1.29, 1.82) is 0 Å². The molecule has 0 saturated heterocycles. The third-order valence-electron chi connectivity index (χ3n) is 5.06. The van der Waals surface area contributed by atoms with Crippen LogP contribution in [-0.4, -0.2) is 27.5 Å². The largest absolute Gasteiger partial charge is 0.546 e. The maximum absolute atomic E-state index is 10.7. The second-order valence-electron chi connectivity index (χ2n) is 7.26. The number of aliphatic carboxylic acids is 1. The van der Waals surface area contributed by atoms with E-state index in [1.165, 1.54) is 6.39 Å². The Morgan fingerprint density at radius 1 is 0.879 bits per heavy atom. The second kappa shape index (κ2) is 8.84. The van der Waals surface area contributed by atoms with E-state index in [4.69, 9.17) is 14.1 Å². The number of oxazole rings is 1. The zero-order valence-electron chi connectivity index (χ0n) is 17.4. The molecule has 0 saturated carbocycles. The predicted octanol–water partition coefficient (Wildman–Crippen LogP) is 4.19. The summed E-state index contributed by atoms with van der Waals surface area (Å²) in [7, 11) is 0. The van der Waals surface area contributed by atoms with Crippen molar-refractivity contribution in [3.05, 3.63) is 91.3 Å². The molecule has 0 fully saturated rings. The monoisotopic (exact) mass is 436 g/mol. The summed E-state index contributed by atoms with van der Waals surface area (Å²) in [5.41, 5.74) is 4.86. The molecule has 2 aromatic heterocycles.